The second kappa shape index (κ2) is 8.31. The van der Waals surface area contributed by atoms with Gasteiger partial charge in [-0.05, 0) is 23.8 Å². The fourth-order valence-corrected chi connectivity index (χ4v) is 6.09. The Labute approximate surface area is 219 Å². The minimum absolute atomic E-state index is 0.0342. The van der Waals surface area contributed by atoms with E-state index >= 15 is 4.39 Å². The molecule has 0 unspecified atom stereocenters. The van der Waals surface area contributed by atoms with Crippen LogP contribution in [0.1, 0.15) is 24.1 Å². The molecule has 4 aromatic rings. The Hall–Kier alpha value is -3.88. The number of anilines is 1. The molecule has 1 aliphatic heterocycles. The maximum absolute atomic E-state index is 15.7. The number of halogens is 4. The van der Waals surface area contributed by atoms with Crippen LogP contribution in [0.2, 0.25) is 5.02 Å². The van der Waals surface area contributed by atoms with Gasteiger partial charge in [0.15, 0.2) is 5.82 Å². The van der Waals surface area contributed by atoms with Crippen molar-refractivity contribution in [3.05, 3.63) is 62.9 Å². The fourth-order valence-electron chi connectivity index (χ4n) is 5.89. The number of nitrogens with zero attached hydrogens (tertiary/aromatic N) is 5. The van der Waals surface area contributed by atoms with E-state index in [0.29, 0.717) is 52.1 Å². The van der Waals surface area contributed by atoms with Crippen LogP contribution in [0.3, 0.4) is 0 Å². The maximum Gasteiger partial charge on any atom is 0.272 e. The number of hydrogen-bond acceptors (Lipinski definition) is 6. The molecule has 2 fully saturated rings. The summed E-state index contributed by atoms with van der Waals surface area (Å²) in [4.78, 5) is 14.1. The number of benzene rings is 2. The van der Waals surface area contributed by atoms with E-state index in [1.54, 1.807) is 30.1 Å². The van der Waals surface area contributed by atoms with Crippen molar-refractivity contribution in [1.29, 1.82) is 5.26 Å². The highest BCUT2D eigenvalue weighted by Crippen LogP contribution is 2.58. The van der Waals surface area contributed by atoms with E-state index in [0.717, 1.165) is 0 Å². The van der Waals surface area contributed by atoms with Crippen LogP contribution < -0.4 is 16.2 Å². The predicted molar refractivity (Wildman–Crippen MR) is 136 cm³/mol. The number of aromatic nitrogens is 4. The van der Waals surface area contributed by atoms with Crippen LogP contribution >= 0.6 is 11.6 Å². The van der Waals surface area contributed by atoms with Gasteiger partial charge in [0.25, 0.3) is 5.56 Å². The second-order valence-corrected chi connectivity index (χ2v) is 10.5. The molecule has 38 heavy (non-hydrogen) atoms. The summed E-state index contributed by atoms with van der Waals surface area (Å²) >= 11 is 6.32. The molecule has 2 aliphatic rings. The number of nitrogens with two attached hydrogens (primary N) is 1. The van der Waals surface area contributed by atoms with Crippen LogP contribution in [-0.4, -0.2) is 39.0 Å². The molecule has 3 heterocycles. The summed E-state index contributed by atoms with van der Waals surface area (Å²) in [5, 5.41) is 21.7. The number of alkyl halides is 2. The number of nitriles is 1. The zero-order valence-electron chi connectivity index (χ0n) is 20.2. The predicted octanol–water partition coefficient (Wildman–Crippen LogP) is 4.35. The van der Waals surface area contributed by atoms with Gasteiger partial charge in [-0.1, -0.05) is 17.7 Å². The van der Waals surface area contributed by atoms with Crippen LogP contribution in [0.25, 0.3) is 33.2 Å². The molecule has 1 aliphatic carbocycles. The van der Waals surface area contributed by atoms with Gasteiger partial charge in [-0.15, -0.1) is 0 Å². The average molecular weight is 540 g/mol. The van der Waals surface area contributed by atoms with Crippen LogP contribution in [0, 0.1) is 22.6 Å². The Morgan fingerprint density at radius 2 is 1.97 bits per heavy atom. The Morgan fingerprint density at radius 3 is 2.63 bits per heavy atom. The van der Waals surface area contributed by atoms with E-state index < -0.39 is 17.2 Å². The molecule has 2 aromatic carbocycles. The lowest BCUT2D eigenvalue weighted by Gasteiger charge is -2.59. The summed E-state index contributed by atoms with van der Waals surface area (Å²) in [5.41, 5.74) is 7.24. The molecule has 0 amide bonds. The van der Waals surface area contributed by atoms with Crippen molar-refractivity contribution < 1.29 is 13.2 Å². The lowest BCUT2D eigenvalue weighted by molar-refractivity contribution is -0.170. The van der Waals surface area contributed by atoms with Crippen LogP contribution in [0.4, 0.5) is 18.9 Å². The molecule has 0 atom stereocenters. The quantitative estimate of drug-likeness (QED) is 0.398. The highest BCUT2D eigenvalue weighted by atomic mass is 35.5. The number of fused-ring (bicyclic) bond motifs is 1. The standard InChI is InChI=1S/C26H21ClF3N7O/c1-36-23(17(8-33-36)13-2-3-14-15(4-13)19(7-32)34-35-24(14)38)21-16(6-31)20(5-18(27)22(21)28)37-11-25(12-37)9-26(29,30)10-25/h2-5,8H,7,9-12,32H2,1H3,(H,35,38). The van der Waals surface area contributed by atoms with Gasteiger partial charge in [0.2, 0.25) is 5.92 Å². The largest absolute Gasteiger partial charge is 0.369 e. The molecular formula is C26H21ClF3N7O. The maximum atomic E-state index is 15.7. The number of nitrogens with one attached hydrogen (secondary N) is 1. The molecular weight excluding hydrogens is 519 g/mol. The Kier molecular flexibility index (Phi) is 5.35. The van der Waals surface area contributed by atoms with Gasteiger partial charge < -0.3 is 10.6 Å². The molecule has 194 valence electrons. The van der Waals surface area contributed by atoms with Crippen LogP contribution in [-0.2, 0) is 13.6 Å². The fraction of sp³-hybridized carbons (Fsp3) is 0.308. The van der Waals surface area contributed by atoms with E-state index in [1.807, 2.05) is 0 Å². The van der Waals surface area contributed by atoms with Crippen molar-refractivity contribution in [1.82, 2.24) is 20.0 Å². The smallest absolute Gasteiger partial charge is 0.272 e. The minimum atomic E-state index is -2.66. The molecule has 1 saturated heterocycles. The van der Waals surface area contributed by atoms with Crippen molar-refractivity contribution in [2.45, 2.75) is 25.3 Å². The van der Waals surface area contributed by atoms with Crippen molar-refractivity contribution in [2.75, 3.05) is 18.0 Å². The summed E-state index contributed by atoms with van der Waals surface area (Å²) in [5.74, 6) is -3.45. The first-order valence-electron chi connectivity index (χ1n) is 11.9. The molecule has 1 spiro atoms. The zero-order chi connectivity index (χ0) is 27.0. The lowest BCUT2D eigenvalue weighted by atomic mass is 9.61. The van der Waals surface area contributed by atoms with Crippen molar-refractivity contribution >= 4 is 28.1 Å². The minimum Gasteiger partial charge on any atom is -0.369 e. The van der Waals surface area contributed by atoms with Crippen molar-refractivity contribution in [2.24, 2.45) is 18.2 Å². The normalized spacial score (nSPS) is 17.3. The third kappa shape index (κ3) is 3.59. The van der Waals surface area contributed by atoms with Gasteiger partial charge in [0.05, 0.1) is 44.8 Å². The Morgan fingerprint density at radius 1 is 1.24 bits per heavy atom. The molecule has 0 radical (unpaired) electrons. The SMILES string of the molecule is Cn1ncc(-c2ccc3c(=O)[nH]nc(CN)c3c2)c1-c1c(F)c(Cl)cc(N2CC3(C2)CC(F)(F)C3)c1C#N. The van der Waals surface area contributed by atoms with E-state index in [9.17, 15) is 18.8 Å². The van der Waals surface area contributed by atoms with Crippen molar-refractivity contribution in [3.63, 3.8) is 0 Å². The number of H-pyrrole nitrogens is 1. The van der Waals surface area contributed by atoms with Gasteiger partial charge in [0, 0.05) is 55.9 Å². The topological polar surface area (TPSA) is 117 Å². The molecule has 2 aromatic heterocycles. The Bertz CT molecular complexity index is 1720. The van der Waals surface area contributed by atoms with E-state index in [2.05, 4.69) is 21.4 Å². The highest BCUT2D eigenvalue weighted by molar-refractivity contribution is 6.31. The van der Waals surface area contributed by atoms with Crippen molar-refractivity contribution in [3.8, 4) is 28.5 Å². The van der Waals surface area contributed by atoms with Crippen LogP contribution in [0.5, 0.6) is 0 Å². The summed E-state index contributed by atoms with van der Waals surface area (Å²) in [6, 6.07) is 8.54. The average Bonchev–Trinajstić information content (AvgIpc) is 3.23. The molecule has 3 N–H and O–H groups in total. The van der Waals surface area contributed by atoms with Gasteiger partial charge >= 0.3 is 0 Å². The van der Waals surface area contributed by atoms with Crippen LogP contribution in [0.15, 0.2) is 35.3 Å². The zero-order valence-corrected chi connectivity index (χ0v) is 20.9. The summed E-state index contributed by atoms with van der Waals surface area (Å²) < 4.78 is 44.2. The van der Waals surface area contributed by atoms with E-state index in [1.165, 1.54) is 16.9 Å². The molecule has 0 bridgehead atoms. The van der Waals surface area contributed by atoms with Gasteiger partial charge in [-0.25, -0.2) is 18.3 Å². The lowest BCUT2D eigenvalue weighted by Crippen LogP contribution is -2.66. The Balaban J connectivity index is 1.49. The van der Waals surface area contributed by atoms with Gasteiger partial charge in [-0.2, -0.15) is 15.5 Å². The molecule has 6 rings (SSSR count). The molecule has 12 heteroatoms. The second-order valence-electron chi connectivity index (χ2n) is 10.1. The summed E-state index contributed by atoms with van der Waals surface area (Å²) in [7, 11) is 1.62. The van der Waals surface area contributed by atoms with Gasteiger partial charge in [-0.3, -0.25) is 9.48 Å². The van der Waals surface area contributed by atoms with E-state index in [4.69, 9.17) is 17.3 Å². The first kappa shape index (κ1) is 24.5. The molecule has 8 nitrogen and oxygen atoms in total. The third-order valence-electron chi connectivity index (χ3n) is 7.52. The molecule has 1 saturated carbocycles. The summed E-state index contributed by atoms with van der Waals surface area (Å²) in [6.07, 6.45) is 1.14. The summed E-state index contributed by atoms with van der Waals surface area (Å²) in [6.45, 7) is 0.765. The van der Waals surface area contributed by atoms with E-state index in [-0.39, 0.29) is 41.1 Å². The highest BCUT2D eigenvalue weighted by Gasteiger charge is 2.62. The number of aromatic amines is 1. The number of rotatable bonds is 4. The third-order valence-corrected chi connectivity index (χ3v) is 7.79. The number of aryl methyl sites for hydroxylation is 1. The number of hydrogen-bond donors (Lipinski definition) is 2. The first-order chi connectivity index (χ1) is 18.1. The first-order valence-corrected chi connectivity index (χ1v) is 12.2. The van der Waals surface area contributed by atoms with Gasteiger partial charge in [0.1, 0.15) is 6.07 Å². The monoisotopic (exact) mass is 539 g/mol.